The van der Waals surface area contributed by atoms with Crippen LogP contribution in [0.5, 0.6) is 0 Å². The molecule has 4 aromatic rings. The summed E-state index contributed by atoms with van der Waals surface area (Å²) in [7, 11) is 0. The lowest BCUT2D eigenvalue weighted by Gasteiger charge is -2.25. The Morgan fingerprint density at radius 2 is 1.91 bits per heavy atom. The molecule has 1 fully saturated rings. The maximum atomic E-state index is 12.4. The minimum Gasteiger partial charge on any atom is -0.379 e. The number of fused-ring (bicyclic) bond motifs is 1. The maximum Gasteiger partial charge on any atom is 0.238 e. The number of ether oxygens (including phenoxy) is 1. The largest absolute Gasteiger partial charge is 0.379 e. The summed E-state index contributed by atoms with van der Waals surface area (Å²) in [5.41, 5.74) is 2.60. The monoisotopic (exact) mass is 489 g/mol. The molecule has 1 aliphatic rings. The van der Waals surface area contributed by atoms with Crippen LogP contribution in [0, 0.1) is 0 Å². The summed E-state index contributed by atoms with van der Waals surface area (Å²) in [4.78, 5) is 24.9. The summed E-state index contributed by atoms with van der Waals surface area (Å²) in [6.45, 7) is 5.35. The number of aromatic nitrogens is 4. The Labute approximate surface area is 207 Å². The van der Waals surface area contributed by atoms with Crippen molar-refractivity contribution in [3.63, 3.8) is 0 Å². The average Bonchev–Trinajstić information content (AvgIpc) is 3.33. The van der Waals surface area contributed by atoms with Crippen LogP contribution >= 0.6 is 11.8 Å². The van der Waals surface area contributed by atoms with Crippen LogP contribution in [-0.4, -0.2) is 63.8 Å². The van der Waals surface area contributed by atoms with Crippen LogP contribution in [0.2, 0.25) is 0 Å². The average molecular weight is 490 g/mol. The molecule has 3 heterocycles. The molecule has 0 bridgehead atoms. The molecule has 180 valence electrons. The number of carbonyl (C=O) groups is 1. The Kier molecular flexibility index (Phi) is 7.22. The smallest absolute Gasteiger partial charge is 0.238 e. The predicted molar refractivity (Wildman–Crippen MR) is 137 cm³/mol. The van der Waals surface area contributed by atoms with Crippen LogP contribution in [-0.2, 0) is 16.0 Å². The van der Waals surface area contributed by atoms with E-state index in [0.717, 1.165) is 58.3 Å². The Morgan fingerprint density at radius 3 is 2.69 bits per heavy atom. The first-order chi connectivity index (χ1) is 17.2. The number of carbonyl (C=O) groups excluding carboxylic acids is 1. The van der Waals surface area contributed by atoms with Gasteiger partial charge < -0.3 is 15.4 Å². The number of amides is 1. The van der Waals surface area contributed by atoms with E-state index in [1.54, 1.807) is 0 Å². The molecule has 9 nitrogen and oxygen atoms in total. The summed E-state index contributed by atoms with van der Waals surface area (Å²) >= 11 is 1.47. The van der Waals surface area contributed by atoms with Gasteiger partial charge in [0.1, 0.15) is 11.6 Å². The van der Waals surface area contributed by atoms with E-state index in [4.69, 9.17) is 14.7 Å². The van der Waals surface area contributed by atoms with Crippen molar-refractivity contribution in [2.75, 3.05) is 43.5 Å². The minimum absolute atomic E-state index is 0.0223. The molecule has 0 radical (unpaired) electrons. The topological polar surface area (TPSA) is 108 Å². The van der Waals surface area contributed by atoms with Gasteiger partial charge in [-0.1, -0.05) is 19.1 Å². The summed E-state index contributed by atoms with van der Waals surface area (Å²) in [6, 6.07) is 17.6. The number of aromatic amines is 1. The fraction of sp³-hybridized carbons (Fsp3) is 0.280. The molecule has 3 N–H and O–H groups in total. The molecule has 35 heavy (non-hydrogen) atoms. The number of aryl methyl sites for hydroxylation is 1. The summed E-state index contributed by atoms with van der Waals surface area (Å²) < 4.78 is 5.33. The Bertz CT molecular complexity index is 1300. The third-order valence-corrected chi connectivity index (χ3v) is 6.52. The fourth-order valence-electron chi connectivity index (χ4n) is 3.81. The van der Waals surface area contributed by atoms with Gasteiger partial charge in [0.2, 0.25) is 5.91 Å². The molecule has 0 spiro atoms. The molecule has 0 unspecified atom stereocenters. The highest BCUT2D eigenvalue weighted by Gasteiger charge is 2.15. The first-order valence-corrected chi connectivity index (χ1v) is 12.4. The number of nitrogens with one attached hydrogen (secondary N) is 3. The Hall–Kier alpha value is -3.47. The SMILES string of the molecule is CCc1cc(Nc2nc(Sc3ccc(NC(=O)CN4CCOCC4)cc3)nc3ccccc23)[nH]n1. The van der Waals surface area contributed by atoms with Crippen molar-refractivity contribution in [1.29, 1.82) is 0 Å². The lowest BCUT2D eigenvalue weighted by molar-refractivity contribution is -0.118. The molecule has 2 aromatic heterocycles. The second-order valence-corrected chi connectivity index (χ2v) is 9.23. The van der Waals surface area contributed by atoms with Crippen molar-refractivity contribution in [2.24, 2.45) is 0 Å². The van der Waals surface area contributed by atoms with Gasteiger partial charge in [0.05, 0.1) is 31.0 Å². The van der Waals surface area contributed by atoms with Crippen molar-refractivity contribution in [1.82, 2.24) is 25.1 Å². The Morgan fingerprint density at radius 1 is 1.11 bits per heavy atom. The van der Waals surface area contributed by atoms with Gasteiger partial charge in [0.25, 0.3) is 0 Å². The second kappa shape index (κ2) is 10.9. The summed E-state index contributed by atoms with van der Waals surface area (Å²) in [6.07, 6.45) is 0.855. The molecule has 1 aliphatic heterocycles. The predicted octanol–water partition coefficient (Wildman–Crippen LogP) is 4.08. The zero-order valence-corrected chi connectivity index (χ0v) is 20.3. The van der Waals surface area contributed by atoms with Crippen LogP contribution in [0.15, 0.2) is 64.6 Å². The van der Waals surface area contributed by atoms with Crippen molar-refractivity contribution >= 4 is 45.9 Å². The number of para-hydroxylation sites is 1. The number of anilines is 3. The van der Waals surface area contributed by atoms with Gasteiger partial charge in [0.15, 0.2) is 5.16 Å². The van der Waals surface area contributed by atoms with Crippen LogP contribution in [0.25, 0.3) is 10.9 Å². The highest BCUT2D eigenvalue weighted by molar-refractivity contribution is 7.99. The van der Waals surface area contributed by atoms with Crippen molar-refractivity contribution in [3.05, 3.63) is 60.3 Å². The van der Waals surface area contributed by atoms with E-state index in [0.29, 0.717) is 24.9 Å². The molecule has 0 atom stereocenters. The van der Waals surface area contributed by atoms with Gasteiger partial charge in [0, 0.05) is 35.1 Å². The number of morpholine rings is 1. The normalized spacial score (nSPS) is 14.2. The molecule has 10 heteroatoms. The maximum absolute atomic E-state index is 12.4. The van der Waals surface area contributed by atoms with Crippen molar-refractivity contribution in [2.45, 2.75) is 23.4 Å². The zero-order chi connectivity index (χ0) is 24.0. The van der Waals surface area contributed by atoms with Gasteiger partial charge in [-0.25, -0.2) is 9.97 Å². The van der Waals surface area contributed by atoms with Crippen LogP contribution in [0.1, 0.15) is 12.6 Å². The lowest BCUT2D eigenvalue weighted by atomic mass is 10.2. The number of nitrogens with zero attached hydrogens (tertiary/aromatic N) is 4. The lowest BCUT2D eigenvalue weighted by Crippen LogP contribution is -2.41. The van der Waals surface area contributed by atoms with E-state index < -0.39 is 0 Å². The minimum atomic E-state index is -0.0223. The number of rotatable bonds is 8. The molecule has 5 rings (SSSR count). The van der Waals surface area contributed by atoms with E-state index in [1.807, 2.05) is 54.6 Å². The van der Waals surface area contributed by atoms with Crippen LogP contribution in [0.3, 0.4) is 0 Å². The van der Waals surface area contributed by atoms with Gasteiger partial charge >= 0.3 is 0 Å². The third kappa shape index (κ3) is 5.97. The van der Waals surface area contributed by atoms with E-state index in [-0.39, 0.29) is 5.91 Å². The van der Waals surface area contributed by atoms with Gasteiger partial charge in [-0.2, -0.15) is 5.10 Å². The molecule has 1 amide bonds. The van der Waals surface area contributed by atoms with Gasteiger partial charge in [-0.15, -0.1) is 0 Å². The van der Waals surface area contributed by atoms with Gasteiger partial charge in [-0.05, 0) is 54.6 Å². The summed E-state index contributed by atoms with van der Waals surface area (Å²) in [5.74, 6) is 1.49. The summed E-state index contributed by atoms with van der Waals surface area (Å²) in [5, 5.41) is 15.2. The number of hydrogen-bond acceptors (Lipinski definition) is 8. The standard InChI is InChI=1S/C25H27N7O2S/c1-2-17-15-22(31-30-17)28-24-20-5-3-4-6-21(20)27-25(29-24)35-19-9-7-18(8-10-19)26-23(33)16-32-11-13-34-14-12-32/h3-10,15H,2,11-14,16H2,1H3,(H,26,33)(H2,27,28,29,30,31). The van der Waals surface area contributed by atoms with Crippen molar-refractivity contribution < 1.29 is 9.53 Å². The number of benzene rings is 2. The molecular weight excluding hydrogens is 462 g/mol. The second-order valence-electron chi connectivity index (χ2n) is 8.19. The van der Waals surface area contributed by atoms with E-state index in [1.165, 1.54) is 11.8 Å². The molecular formula is C25H27N7O2S. The highest BCUT2D eigenvalue weighted by atomic mass is 32.2. The van der Waals surface area contributed by atoms with E-state index in [9.17, 15) is 4.79 Å². The molecule has 2 aromatic carbocycles. The third-order valence-electron chi connectivity index (χ3n) is 5.65. The molecule has 0 aliphatic carbocycles. The fourth-order valence-corrected chi connectivity index (χ4v) is 4.57. The van der Waals surface area contributed by atoms with Crippen LogP contribution in [0.4, 0.5) is 17.3 Å². The number of hydrogen-bond donors (Lipinski definition) is 3. The molecule has 0 saturated carbocycles. The first-order valence-electron chi connectivity index (χ1n) is 11.6. The van der Waals surface area contributed by atoms with Crippen LogP contribution < -0.4 is 10.6 Å². The number of H-pyrrole nitrogens is 1. The Balaban J connectivity index is 1.28. The quantitative estimate of drug-likeness (QED) is 0.318. The zero-order valence-electron chi connectivity index (χ0n) is 19.5. The van der Waals surface area contributed by atoms with E-state index in [2.05, 4.69) is 32.7 Å². The highest BCUT2D eigenvalue weighted by Crippen LogP contribution is 2.31. The van der Waals surface area contributed by atoms with E-state index >= 15 is 0 Å². The van der Waals surface area contributed by atoms with Crippen molar-refractivity contribution in [3.8, 4) is 0 Å². The van der Waals surface area contributed by atoms with Gasteiger partial charge in [-0.3, -0.25) is 14.8 Å². The first kappa shape index (κ1) is 23.3. The molecule has 1 saturated heterocycles.